The van der Waals surface area contributed by atoms with Crippen LogP contribution in [0, 0.1) is 0 Å². The van der Waals surface area contributed by atoms with E-state index in [2.05, 4.69) is 20.9 Å². The third kappa shape index (κ3) is 4.60. The van der Waals surface area contributed by atoms with Crippen molar-refractivity contribution in [1.29, 1.82) is 0 Å². The molecule has 1 aromatic heterocycles. The van der Waals surface area contributed by atoms with Gasteiger partial charge in [0.25, 0.3) is 5.91 Å². The second-order valence-corrected chi connectivity index (χ2v) is 10.4. The van der Waals surface area contributed by atoms with Crippen molar-refractivity contribution in [3.63, 3.8) is 0 Å². The van der Waals surface area contributed by atoms with Gasteiger partial charge >= 0.3 is 6.18 Å². The summed E-state index contributed by atoms with van der Waals surface area (Å²) in [5.74, 6) is -0.762. The number of hydrogen-bond acceptors (Lipinski definition) is 5. The number of hydrogen-bond donors (Lipinski definition) is 1. The molecule has 2 N–H and O–H groups in total. The number of sulfone groups is 1. The van der Waals surface area contributed by atoms with E-state index in [0.29, 0.717) is 27.7 Å². The van der Waals surface area contributed by atoms with Gasteiger partial charge < -0.3 is 10.6 Å². The summed E-state index contributed by atoms with van der Waals surface area (Å²) >= 11 is 3.30. The van der Waals surface area contributed by atoms with Crippen LogP contribution < -0.4 is 10.6 Å². The SMILES string of the molecule is Nc1cc(CN(C(=O)c2ccc(C(F)(F)F)nc2)c2cccc3c2S(=O)(=O)CC3)ccc1Br. The predicted octanol–water partition coefficient (Wildman–Crippen LogP) is 4.62. The number of carbonyl (C=O) groups excluding carboxylic acids is 1. The number of fused-ring (bicyclic) bond motifs is 1. The van der Waals surface area contributed by atoms with Crippen molar-refractivity contribution in [3.05, 3.63) is 81.6 Å². The van der Waals surface area contributed by atoms with E-state index >= 15 is 0 Å². The standard InChI is InChI=1S/C22H17BrF3N3O3S/c23-16-6-4-13(10-17(16)27)12-29(18-3-1-2-14-8-9-33(31,32)20(14)18)21(30)15-5-7-19(28-11-15)22(24,25)26/h1-7,10-11H,8-9,12,27H2. The molecular weight excluding hydrogens is 523 g/mol. The Balaban J connectivity index is 1.81. The van der Waals surface area contributed by atoms with E-state index in [4.69, 9.17) is 5.73 Å². The molecule has 0 fully saturated rings. The number of alkyl halides is 3. The van der Waals surface area contributed by atoms with Crippen LogP contribution in [-0.4, -0.2) is 25.1 Å². The molecule has 0 unspecified atom stereocenters. The number of halogens is 4. The van der Waals surface area contributed by atoms with Gasteiger partial charge in [-0.3, -0.25) is 9.78 Å². The molecule has 0 spiro atoms. The largest absolute Gasteiger partial charge is 0.433 e. The number of nitrogens with zero attached hydrogens (tertiary/aromatic N) is 2. The number of carbonyl (C=O) groups is 1. The van der Waals surface area contributed by atoms with Crippen molar-refractivity contribution in [2.24, 2.45) is 0 Å². The van der Waals surface area contributed by atoms with Gasteiger partial charge in [0, 0.05) is 16.4 Å². The first-order valence-corrected chi connectivity index (χ1v) is 12.2. The fourth-order valence-electron chi connectivity index (χ4n) is 3.67. The maximum Gasteiger partial charge on any atom is 0.433 e. The van der Waals surface area contributed by atoms with Crippen LogP contribution in [0.1, 0.15) is 27.2 Å². The van der Waals surface area contributed by atoms with E-state index in [9.17, 15) is 26.4 Å². The summed E-state index contributed by atoms with van der Waals surface area (Å²) in [6.45, 7) is -0.0523. The molecule has 1 amide bonds. The van der Waals surface area contributed by atoms with Crippen molar-refractivity contribution in [1.82, 2.24) is 4.98 Å². The summed E-state index contributed by atoms with van der Waals surface area (Å²) in [5, 5.41) is 0. The number of aromatic nitrogens is 1. The number of nitrogen functional groups attached to an aromatic ring is 1. The molecule has 0 saturated heterocycles. The number of amides is 1. The van der Waals surface area contributed by atoms with E-state index < -0.39 is 27.6 Å². The Hall–Kier alpha value is -2.92. The molecule has 2 aromatic carbocycles. The fraction of sp³-hybridized carbons (Fsp3) is 0.182. The summed E-state index contributed by atoms with van der Waals surface area (Å²) in [6, 6.07) is 11.6. The van der Waals surface area contributed by atoms with E-state index in [0.717, 1.165) is 18.3 Å². The average Bonchev–Trinajstić information content (AvgIpc) is 3.08. The summed E-state index contributed by atoms with van der Waals surface area (Å²) in [6.07, 6.45) is -3.49. The Kier molecular flexibility index (Phi) is 5.95. The lowest BCUT2D eigenvalue weighted by Gasteiger charge is -2.25. The highest BCUT2D eigenvalue weighted by atomic mass is 79.9. The zero-order chi connectivity index (χ0) is 24.0. The zero-order valence-corrected chi connectivity index (χ0v) is 19.3. The van der Waals surface area contributed by atoms with Crippen molar-refractivity contribution in [2.45, 2.75) is 24.0 Å². The van der Waals surface area contributed by atoms with Crippen LogP contribution in [0.15, 0.2) is 64.1 Å². The quantitative estimate of drug-likeness (QED) is 0.488. The number of anilines is 2. The monoisotopic (exact) mass is 539 g/mol. The topological polar surface area (TPSA) is 93.4 Å². The third-order valence-electron chi connectivity index (χ3n) is 5.26. The summed E-state index contributed by atoms with van der Waals surface area (Å²) in [4.78, 5) is 18.1. The fourth-order valence-corrected chi connectivity index (χ4v) is 5.68. The van der Waals surface area contributed by atoms with Gasteiger partial charge in [-0.05, 0) is 63.8 Å². The minimum atomic E-state index is -4.65. The average molecular weight is 540 g/mol. The van der Waals surface area contributed by atoms with Gasteiger partial charge in [-0.25, -0.2) is 8.42 Å². The van der Waals surface area contributed by atoms with Crippen molar-refractivity contribution in [3.8, 4) is 0 Å². The maximum absolute atomic E-state index is 13.4. The molecule has 4 rings (SSSR count). The molecule has 0 saturated carbocycles. The molecule has 172 valence electrons. The van der Waals surface area contributed by atoms with Crippen LogP contribution in [0.2, 0.25) is 0 Å². The lowest BCUT2D eigenvalue weighted by molar-refractivity contribution is -0.141. The summed E-state index contributed by atoms with van der Waals surface area (Å²) in [7, 11) is -3.62. The first-order chi connectivity index (χ1) is 15.5. The molecule has 0 atom stereocenters. The Morgan fingerprint density at radius 3 is 2.55 bits per heavy atom. The molecule has 0 bridgehead atoms. The van der Waals surface area contributed by atoms with Gasteiger partial charge in [-0.2, -0.15) is 13.2 Å². The van der Waals surface area contributed by atoms with E-state index in [1.165, 1.54) is 11.0 Å². The first kappa shape index (κ1) is 23.2. The van der Waals surface area contributed by atoms with Gasteiger partial charge in [-0.15, -0.1) is 0 Å². The van der Waals surface area contributed by atoms with Crippen LogP contribution in [0.3, 0.4) is 0 Å². The second kappa shape index (κ2) is 8.45. The highest BCUT2D eigenvalue weighted by molar-refractivity contribution is 9.10. The number of rotatable bonds is 4. The normalized spacial score (nSPS) is 14.7. The molecule has 2 heterocycles. The highest BCUT2D eigenvalue weighted by Gasteiger charge is 2.35. The molecule has 33 heavy (non-hydrogen) atoms. The zero-order valence-electron chi connectivity index (χ0n) is 16.9. The van der Waals surface area contributed by atoms with Crippen LogP contribution in [0.25, 0.3) is 0 Å². The van der Waals surface area contributed by atoms with Crippen molar-refractivity contribution < 1.29 is 26.4 Å². The molecule has 1 aliphatic heterocycles. The van der Waals surface area contributed by atoms with Crippen molar-refractivity contribution in [2.75, 3.05) is 16.4 Å². The number of pyridine rings is 1. The van der Waals surface area contributed by atoms with E-state index in [-0.39, 0.29) is 28.4 Å². The molecule has 1 aliphatic rings. The summed E-state index contributed by atoms with van der Waals surface area (Å²) < 4.78 is 64.8. The summed E-state index contributed by atoms with van der Waals surface area (Å²) in [5.41, 5.74) is 6.49. The van der Waals surface area contributed by atoms with Crippen LogP contribution in [0.5, 0.6) is 0 Å². The highest BCUT2D eigenvalue weighted by Crippen LogP contribution is 2.37. The lowest BCUT2D eigenvalue weighted by atomic mass is 10.1. The maximum atomic E-state index is 13.4. The number of aryl methyl sites for hydroxylation is 1. The van der Waals surface area contributed by atoms with Crippen molar-refractivity contribution >= 4 is 43.0 Å². The predicted molar refractivity (Wildman–Crippen MR) is 121 cm³/mol. The Morgan fingerprint density at radius 1 is 1.15 bits per heavy atom. The third-order valence-corrected chi connectivity index (χ3v) is 7.82. The van der Waals surface area contributed by atoms with Gasteiger partial charge in [0.2, 0.25) is 0 Å². The smallest absolute Gasteiger partial charge is 0.398 e. The number of nitrogens with two attached hydrogens (primary N) is 1. The molecule has 0 radical (unpaired) electrons. The van der Waals surface area contributed by atoms with Crippen LogP contribution >= 0.6 is 15.9 Å². The minimum Gasteiger partial charge on any atom is -0.398 e. The van der Waals surface area contributed by atoms with Crippen LogP contribution in [-0.2, 0) is 29.0 Å². The van der Waals surface area contributed by atoms with Gasteiger partial charge in [0.15, 0.2) is 9.84 Å². The van der Waals surface area contributed by atoms with E-state index in [1.54, 1.807) is 30.3 Å². The molecular formula is C22H17BrF3N3O3S. The number of benzene rings is 2. The molecule has 11 heteroatoms. The molecule has 3 aromatic rings. The Labute approximate surface area is 196 Å². The van der Waals surface area contributed by atoms with E-state index in [1.807, 2.05) is 0 Å². The van der Waals surface area contributed by atoms with Gasteiger partial charge in [-0.1, -0.05) is 18.2 Å². The molecule has 0 aliphatic carbocycles. The Morgan fingerprint density at radius 2 is 1.91 bits per heavy atom. The second-order valence-electron chi connectivity index (χ2n) is 7.51. The van der Waals surface area contributed by atoms with Gasteiger partial charge in [0.1, 0.15) is 5.69 Å². The van der Waals surface area contributed by atoms with Crippen LogP contribution in [0.4, 0.5) is 24.5 Å². The Bertz CT molecular complexity index is 1340. The lowest BCUT2D eigenvalue weighted by Crippen LogP contribution is -2.32. The van der Waals surface area contributed by atoms with Gasteiger partial charge in [0.05, 0.1) is 28.4 Å². The first-order valence-electron chi connectivity index (χ1n) is 9.71. The molecule has 6 nitrogen and oxygen atoms in total. The minimum absolute atomic E-state index is 0.0523.